The van der Waals surface area contributed by atoms with Crippen molar-refractivity contribution in [3.05, 3.63) is 83.4 Å². The number of halogens is 1. The van der Waals surface area contributed by atoms with E-state index in [1.165, 1.54) is 23.5 Å². The molecule has 0 atom stereocenters. The quantitative estimate of drug-likeness (QED) is 0.461. The molecular weight excluding hydrogens is 464 g/mol. The molecule has 0 saturated heterocycles. The first-order valence-electron chi connectivity index (χ1n) is 10.2. The summed E-state index contributed by atoms with van der Waals surface area (Å²) in [7, 11) is -0.869. The van der Waals surface area contributed by atoms with Crippen molar-refractivity contribution in [2.24, 2.45) is 0 Å². The normalized spacial score (nSPS) is 11.0. The molecule has 0 radical (unpaired) electrons. The first-order chi connectivity index (χ1) is 15.8. The van der Waals surface area contributed by atoms with Crippen molar-refractivity contribution in [1.29, 1.82) is 0 Å². The SMILES string of the molecule is COc1ccc(N(CCC(=O)NCc2ccccc2OC)S(=O)(=O)c2cccc(Cl)c2)cc1. The van der Waals surface area contributed by atoms with Gasteiger partial charge in [-0.1, -0.05) is 35.9 Å². The molecule has 0 aliphatic rings. The van der Waals surface area contributed by atoms with Gasteiger partial charge in [-0.05, 0) is 48.5 Å². The Morgan fingerprint density at radius 2 is 1.70 bits per heavy atom. The van der Waals surface area contributed by atoms with Crippen LogP contribution in [0.1, 0.15) is 12.0 Å². The van der Waals surface area contributed by atoms with Gasteiger partial charge in [-0.3, -0.25) is 9.10 Å². The molecule has 7 nitrogen and oxygen atoms in total. The predicted molar refractivity (Wildman–Crippen MR) is 128 cm³/mol. The van der Waals surface area contributed by atoms with Gasteiger partial charge in [0.2, 0.25) is 5.91 Å². The van der Waals surface area contributed by atoms with E-state index in [0.29, 0.717) is 22.2 Å². The van der Waals surface area contributed by atoms with Crippen LogP contribution in [-0.2, 0) is 21.4 Å². The lowest BCUT2D eigenvalue weighted by molar-refractivity contribution is -0.121. The first kappa shape index (κ1) is 24.4. The van der Waals surface area contributed by atoms with Gasteiger partial charge in [0.25, 0.3) is 10.0 Å². The number of para-hydroxylation sites is 1. The molecule has 174 valence electrons. The molecule has 0 unspecified atom stereocenters. The minimum Gasteiger partial charge on any atom is -0.497 e. The molecule has 0 heterocycles. The van der Waals surface area contributed by atoms with E-state index in [9.17, 15) is 13.2 Å². The number of carbonyl (C=O) groups excluding carboxylic acids is 1. The van der Waals surface area contributed by atoms with E-state index in [2.05, 4.69) is 5.32 Å². The fraction of sp³-hybridized carbons (Fsp3) is 0.208. The Balaban J connectivity index is 1.78. The number of hydrogen-bond donors (Lipinski definition) is 1. The van der Waals surface area contributed by atoms with E-state index in [0.717, 1.165) is 5.56 Å². The van der Waals surface area contributed by atoms with Crippen LogP contribution in [0, 0.1) is 0 Å². The lowest BCUT2D eigenvalue weighted by Crippen LogP contribution is -2.35. The molecule has 0 aromatic heterocycles. The van der Waals surface area contributed by atoms with Crippen LogP contribution in [0.2, 0.25) is 5.02 Å². The predicted octanol–water partition coefficient (Wildman–Crippen LogP) is 4.26. The Hall–Kier alpha value is -3.23. The molecule has 3 aromatic rings. The number of rotatable bonds is 10. The lowest BCUT2D eigenvalue weighted by Gasteiger charge is -2.24. The summed E-state index contributed by atoms with van der Waals surface area (Å²) >= 11 is 6.02. The van der Waals surface area contributed by atoms with E-state index < -0.39 is 10.0 Å². The summed E-state index contributed by atoms with van der Waals surface area (Å²) in [5.41, 5.74) is 1.24. The number of methoxy groups -OCH3 is 2. The highest BCUT2D eigenvalue weighted by Gasteiger charge is 2.26. The van der Waals surface area contributed by atoms with Gasteiger partial charge in [-0.25, -0.2) is 8.42 Å². The lowest BCUT2D eigenvalue weighted by atomic mass is 10.2. The number of benzene rings is 3. The van der Waals surface area contributed by atoms with Crippen LogP contribution in [-0.4, -0.2) is 35.1 Å². The van der Waals surface area contributed by atoms with Crippen LogP contribution in [0.25, 0.3) is 0 Å². The number of anilines is 1. The Labute approximate surface area is 198 Å². The van der Waals surface area contributed by atoms with E-state index in [4.69, 9.17) is 21.1 Å². The summed E-state index contributed by atoms with van der Waals surface area (Å²) in [5, 5.41) is 3.12. The van der Waals surface area contributed by atoms with Gasteiger partial charge in [0.05, 0.1) is 24.8 Å². The zero-order chi connectivity index (χ0) is 23.8. The van der Waals surface area contributed by atoms with Gasteiger partial charge < -0.3 is 14.8 Å². The Morgan fingerprint density at radius 1 is 0.970 bits per heavy atom. The standard InChI is InChI=1S/C24H25ClN2O5S/c1-31-21-12-10-20(11-13-21)27(33(29,30)22-8-5-7-19(25)16-22)15-14-24(28)26-17-18-6-3-4-9-23(18)32-2/h3-13,16H,14-15,17H2,1-2H3,(H,26,28). The third-order valence-corrected chi connectivity index (χ3v) is 7.01. The van der Waals surface area contributed by atoms with Crippen LogP contribution in [0.4, 0.5) is 5.69 Å². The highest BCUT2D eigenvalue weighted by molar-refractivity contribution is 7.92. The summed E-state index contributed by atoms with van der Waals surface area (Å²) in [6, 6.07) is 20.0. The minimum absolute atomic E-state index is 0.0407. The zero-order valence-electron chi connectivity index (χ0n) is 18.3. The molecule has 3 rings (SSSR count). The van der Waals surface area contributed by atoms with Crippen molar-refractivity contribution in [3.8, 4) is 11.5 Å². The van der Waals surface area contributed by atoms with Crippen molar-refractivity contribution in [2.75, 3.05) is 25.1 Å². The molecular formula is C24H25ClN2O5S. The number of carbonyl (C=O) groups is 1. The maximum atomic E-state index is 13.4. The molecule has 9 heteroatoms. The van der Waals surface area contributed by atoms with Gasteiger partial charge in [-0.15, -0.1) is 0 Å². The maximum Gasteiger partial charge on any atom is 0.264 e. The third-order valence-electron chi connectivity index (χ3n) is 4.95. The fourth-order valence-corrected chi connectivity index (χ4v) is 4.99. The van der Waals surface area contributed by atoms with E-state index in [-0.39, 0.29) is 30.3 Å². The summed E-state index contributed by atoms with van der Waals surface area (Å²) in [4.78, 5) is 12.6. The average molecular weight is 489 g/mol. The fourth-order valence-electron chi connectivity index (χ4n) is 3.23. The summed E-state index contributed by atoms with van der Waals surface area (Å²) in [5.74, 6) is 0.968. The second kappa shape index (κ2) is 11.1. The third kappa shape index (κ3) is 6.18. The smallest absolute Gasteiger partial charge is 0.264 e. The molecule has 3 aromatic carbocycles. The van der Waals surface area contributed by atoms with E-state index >= 15 is 0 Å². The number of hydrogen-bond acceptors (Lipinski definition) is 5. The number of nitrogens with one attached hydrogen (secondary N) is 1. The Bertz CT molecular complexity index is 1200. The van der Waals surface area contributed by atoms with Gasteiger partial charge in [0.1, 0.15) is 11.5 Å². The summed E-state index contributed by atoms with van der Waals surface area (Å²) < 4.78 is 38.5. The Kier molecular flexibility index (Phi) is 8.19. The number of nitrogens with zero attached hydrogens (tertiary/aromatic N) is 1. The van der Waals surface area contributed by atoms with Crippen molar-refractivity contribution >= 4 is 33.2 Å². The zero-order valence-corrected chi connectivity index (χ0v) is 19.9. The second-order valence-electron chi connectivity index (χ2n) is 7.07. The van der Waals surface area contributed by atoms with Gasteiger partial charge in [-0.2, -0.15) is 0 Å². The largest absolute Gasteiger partial charge is 0.497 e. The number of ether oxygens (including phenoxy) is 2. The van der Waals surface area contributed by atoms with Gasteiger partial charge in [0.15, 0.2) is 0 Å². The van der Waals surface area contributed by atoms with Crippen molar-refractivity contribution in [3.63, 3.8) is 0 Å². The van der Waals surface area contributed by atoms with Crippen molar-refractivity contribution in [2.45, 2.75) is 17.9 Å². The van der Waals surface area contributed by atoms with Crippen LogP contribution in [0.15, 0.2) is 77.7 Å². The molecule has 1 amide bonds. The van der Waals surface area contributed by atoms with Gasteiger partial charge in [0, 0.05) is 30.1 Å². The molecule has 0 spiro atoms. The molecule has 0 saturated carbocycles. The number of amides is 1. The van der Waals surface area contributed by atoms with Crippen molar-refractivity contribution < 1.29 is 22.7 Å². The molecule has 0 bridgehead atoms. The average Bonchev–Trinajstić information content (AvgIpc) is 2.83. The second-order valence-corrected chi connectivity index (χ2v) is 9.37. The van der Waals surface area contributed by atoms with E-state index in [1.54, 1.807) is 43.5 Å². The summed E-state index contributed by atoms with van der Waals surface area (Å²) in [6.45, 7) is 0.214. The monoisotopic (exact) mass is 488 g/mol. The topological polar surface area (TPSA) is 84.9 Å². The van der Waals surface area contributed by atoms with Gasteiger partial charge >= 0.3 is 0 Å². The molecule has 0 aliphatic heterocycles. The van der Waals surface area contributed by atoms with Crippen LogP contribution in [0.5, 0.6) is 11.5 Å². The van der Waals surface area contributed by atoms with Crippen LogP contribution >= 0.6 is 11.6 Å². The van der Waals surface area contributed by atoms with Crippen molar-refractivity contribution in [1.82, 2.24) is 5.32 Å². The molecule has 0 aliphatic carbocycles. The van der Waals surface area contributed by atoms with E-state index in [1.807, 2.05) is 24.3 Å². The molecule has 1 N–H and O–H groups in total. The number of sulfonamides is 1. The minimum atomic E-state index is -3.96. The van der Waals surface area contributed by atoms with Crippen LogP contribution < -0.4 is 19.1 Å². The highest BCUT2D eigenvalue weighted by Crippen LogP contribution is 2.27. The maximum absolute atomic E-state index is 13.4. The summed E-state index contributed by atoms with van der Waals surface area (Å²) in [6.07, 6.45) is -0.0407. The first-order valence-corrected chi connectivity index (χ1v) is 12.0. The van der Waals surface area contributed by atoms with Crippen LogP contribution in [0.3, 0.4) is 0 Å². The molecule has 33 heavy (non-hydrogen) atoms. The Morgan fingerprint density at radius 3 is 2.36 bits per heavy atom. The molecule has 0 fully saturated rings. The highest BCUT2D eigenvalue weighted by atomic mass is 35.5.